The predicted molar refractivity (Wildman–Crippen MR) is 92.6 cm³/mol. The summed E-state index contributed by atoms with van der Waals surface area (Å²) in [6.45, 7) is 3.05. The molecule has 1 aromatic carbocycles. The van der Waals surface area contributed by atoms with E-state index in [2.05, 4.69) is 10.4 Å². The summed E-state index contributed by atoms with van der Waals surface area (Å²) in [5.74, 6) is -1.21. The minimum absolute atomic E-state index is 0.200. The molecule has 2 rings (SSSR count). The number of aliphatic carboxylic acids is 1. The summed E-state index contributed by atoms with van der Waals surface area (Å²) in [4.78, 5) is 23.2. The Hall–Kier alpha value is -2.05. The number of rotatable bonds is 6. The van der Waals surface area contributed by atoms with Gasteiger partial charge < -0.3 is 10.4 Å². The third kappa shape index (κ3) is 4.27. The van der Waals surface area contributed by atoms with Crippen LogP contribution in [0.5, 0.6) is 0 Å². The highest BCUT2D eigenvalue weighted by Crippen LogP contribution is 2.23. The fourth-order valence-electron chi connectivity index (χ4n) is 1.97. The first-order valence-electron chi connectivity index (χ1n) is 7.22. The molecule has 24 heavy (non-hydrogen) atoms. The van der Waals surface area contributed by atoms with Gasteiger partial charge in [-0.05, 0) is 38.0 Å². The highest BCUT2D eigenvalue weighted by atomic mass is 35.5. The van der Waals surface area contributed by atoms with Crippen LogP contribution < -0.4 is 5.32 Å². The van der Waals surface area contributed by atoms with Gasteiger partial charge in [-0.15, -0.1) is 0 Å². The van der Waals surface area contributed by atoms with E-state index in [1.807, 2.05) is 6.07 Å². The second kappa shape index (κ2) is 7.23. The molecule has 0 aliphatic rings. The van der Waals surface area contributed by atoms with Crippen LogP contribution in [-0.4, -0.2) is 26.8 Å². The monoisotopic (exact) mass is 369 g/mol. The van der Waals surface area contributed by atoms with Crippen LogP contribution in [0.1, 0.15) is 25.8 Å². The number of carbonyl (C=O) groups is 2. The molecule has 0 radical (unpaired) electrons. The highest BCUT2D eigenvalue weighted by Gasteiger charge is 2.30. The Balaban J connectivity index is 1.94. The van der Waals surface area contributed by atoms with Crippen molar-refractivity contribution in [2.75, 3.05) is 5.32 Å². The minimum Gasteiger partial charge on any atom is -0.479 e. The largest absolute Gasteiger partial charge is 0.479 e. The molecule has 0 fully saturated rings. The molecule has 0 unspecified atom stereocenters. The van der Waals surface area contributed by atoms with Crippen molar-refractivity contribution in [3.05, 3.63) is 46.2 Å². The number of aryl methyl sites for hydroxylation is 1. The van der Waals surface area contributed by atoms with Gasteiger partial charge in [-0.3, -0.25) is 9.48 Å². The average Bonchev–Trinajstić information content (AvgIpc) is 2.97. The maximum Gasteiger partial charge on any atom is 0.331 e. The van der Waals surface area contributed by atoms with Crippen molar-refractivity contribution in [1.82, 2.24) is 9.78 Å². The Labute approximate surface area is 149 Å². The smallest absolute Gasteiger partial charge is 0.331 e. The van der Waals surface area contributed by atoms with E-state index in [9.17, 15) is 9.59 Å². The van der Waals surface area contributed by atoms with Crippen molar-refractivity contribution in [2.45, 2.75) is 32.2 Å². The zero-order valence-electron chi connectivity index (χ0n) is 13.2. The molecule has 2 N–H and O–H groups in total. The lowest BCUT2D eigenvalue weighted by Gasteiger charge is -2.19. The lowest BCUT2D eigenvalue weighted by molar-refractivity contribution is -0.146. The number of nitrogens with one attached hydrogen (secondary N) is 1. The molecule has 0 saturated carbocycles. The Kier molecular flexibility index (Phi) is 5.51. The number of amides is 1. The fraction of sp³-hybridized carbons (Fsp3) is 0.312. The van der Waals surface area contributed by atoms with E-state index < -0.39 is 11.5 Å². The first kappa shape index (κ1) is 18.3. The van der Waals surface area contributed by atoms with E-state index in [1.54, 1.807) is 12.1 Å². The molecule has 0 aliphatic heterocycles. The third-order valence-corrected chi connectivity index (χ3v) is 4.33. The highest BCUT2D eigenvalue weighted by molar-refractivity contribution is 6.42. The normalized spacial score (nSPS) is 11.3. The molecule has 2 aromatic rings. The molecule has 1 heterocycles. The second-order valence-electron chi connectivity index (χ2n) is 5.83. The minimum atomic E-state index is -1.19. The number of hydrogen-bond acceptors (Lipinski definition) is 3. The maximum atomic E-state index is 12.0. The van der Waals surface area contributed by atoms with Crippen LogP contribution >= 0.6 is 23.2 Å². The first-order chi connectivity index (χ1) is 11.2. The lowest BCUT2D eigenvalue weighted by Crippen LogP contribution is -2.35. The van der Waals surface area contributed by atoms with Gasteiger partial charge in [0.1, 0.15) is 0 Å². The third-order valence-electron chi connectivity index (χ3n) is 3.59. The Morgan fingerprint density at radius 3 is 2.62 bits per heavy atom. The van der Waals surface area contributed by atoms with Crippen LogP contribution in [0.15, 0.2) is 30.6 Å². The summed E-state index contributed by atoms with van der Waals surface area (Å²) >= 11 is 11.8. The number of hydrogen-bond donors (Lipinski definition) is 2. The summed E-state index contributed by atoms with van der Waals surface area (Å²) < 4.78 is 1.30. The summed E-state index contributed by atoms with van der Waals surface area (Å²) in [6.07, 6.45) is 3.68. The topological polar surface area (TPSA) is 84.2 Å². The van der Waals surface area contributed by atoms with Crippen LogP contribution in [0.25, 0.3) is 0 Å². The molecule has 1 amide bonds. The zero-order valence-corrected chi connectivity index (χ0v) is 14.7. The van der Waals surface area contributed by atoms with Crippen molar-refractivity contribution in [3.63, 3.8) is 0 Å². The van der Waals surface area contributed by atoms with Crippen LogP contribution in [-0.2, 0) is 21.5 Å². The summed E-state index contributed by atoms with van der Waals surface area (Å²) in [5.41, 5.74) is 0.161. The summed E-state index contributed by atoms with van der Waals surface area (Å²) in [7, 11) is 0. The van der Waals surface area contributed by atoms with E-state index in [0.29, 0.717) is 22.2 Å². The van der Waals surface area contributed by atoms with E-state index in [4.69, 9.17) is 28.3 Å². The average molecular weight is 370 g/mol. The fourth-order valence-corrected chi connectivity index (χ4v) is 2.29. The van der Waals surface area contributed by atoms with E-state index in [0.717, 1.165) is 5.56 Å². The molecule has 0 aliphatic carbocycles. The van der Waals surface area contributed by atoms with Crippen LogP contribution in [0, 0.1) is 0 Å². The van der Waals surface area contributed by atoms with Gasteiger partial charge in [-0.25, -0.2) is 4.79 Å². The van der Waals surface area contributed by atoms with E-state index >= 15 is 0 Å². The van der Waals surface area contributed by atoms with Gasteiger partial charge in [-0.2, -0.15) is 5.10 Å². The quantitative estimate of drug-likeness (QED) is 0.814. The van der Waals surface area contributed by atoms with Crippen LogP contribution in [0.2, 0.25) is 10.0 Å². The molecule has 6 nitrogen and oxygen atoms in total. The van der Waals surface area contributed by atoms with Crippen LogP contribution in [0.4, 0.5) is 5.69 Å². The zero-order chi connectivity index (χ0) is 17.9. The molecule has 0 bridgehead atoms. The van der Waals surface area contributed by atoms with Gasteiger partial charge in [0.05, 0.1) is 21.9 Å². The molecule has 0 atom stereocenters. The van der Waals surface area contributed by atoms with E-state index in [1.165, 1.54) is 30.9 Å². The number of carboxylic acids is 1. The molecule has 0 spiro atoms. The number of benzene rings is 1. The van der Waals surface area contributed by atoms with E-state index in [-0.39, 0.29) is 12.3 Å². The van der Waals surface area contributed by atoms with Gasteiger partial charge in [0.2, 0.25) is 5.91 Å². The Morgan fingerprint density at radius 2 is 2.00 bits per heavy atom. The van der Waals surface area contributed by atoms with Gasteiger partial charge in [0.25, 0.3) is 0 Å². The number of carbonyl (C=O) groups excluding carboxylic acids is 1. The standard InChI is InChI=1S/C16H17Cl2N3O3/c1-16(2,15(23)24)21-9-11(8-19-21)20-14(22)6-4-10-3-5-12(17)13(18)7-10/h3,5,7-9H,4,6H2,1-2H3,(H,20,22)(H,23,24). The van der Waals surface area contributed by atoms with Crippen molar-refractivity contribution in [3.8, 4) is 0 Å². The number of aromatic nitrogens is 2. The van der Waals surface area contributed by atoms with Gasteiger partial charge >= 0.3 is 5.97 Å². The molecule has 0 saturated heterocycles. The maximum absolute atomic E-state index is 12.0. The van der Waals surface area contributed by atoms with Gasteiger partial charge in [-0.1, -0.05) is 29.3 Å². The van der Waals surface area contributed by atoms with Crippen molar-refractivity contribution in [2.24, 2.45) is 0 Å². The van der Waals surface area contributed by atoms with Gasteiger partial charge in [0.15, 0.2) is 5.54 Å². The SMILES string of the molecule is CC(C)(C(=O)O)n1cc(NC(=O)CCc2ccc(Cl)c(Cl)c2)cn1. The van der Waals surface area contributed by atoms with Gasteiger partial charge in [0, 0.05) is 12.6 Å². The Morgan fingerprint density at radius 1 is 1.29 bits per heavy atom. The molecular formula is C16H17Cl2N3O3. The Bertz CT molecular complexity index is 772. The second-order valence-corrected chi connectivity index (χ2v) is 6.65. The van der Waals surface area contributed by atoms with Crippen LogP contribution in [0.3, 0.4) is 0 Å². The lowest BCUT2D eigenvalue weighted by atomic mass is 10.1. The number of nitrogens with zero attached hydrogens (tertiary/aromatic N) is 2. The molecule has 1 aromatic heterocycles. The summed E-state index contributed by atoms with van der Waals surface area (Å²) in [6, 6.07) is 5.23. The molecule has 128 valence electrons. The first-order valence-corrected chi connectivity index (χ1v) is 7.98. The predicted octanol–water partition coefficient (Wildman–Crippen LogP) is 3.58. The van der Waals surface area contributed by atoms with Crippen molar-refractivity contribution < 1.29 is 14.7 Å². The molecule has 8 heteroatoms. The molecular weight excluding hydrogens is 353 g/mol. The van der Waals surface area contributed by atoms with Crippen molar-refractivity contribution >= 4 is 40.8 Å². The number of halogens is 2. The number of carboxylic acid groups (broad SMARTS) is 1. The number of anilines is 1. The van der Waals surface area contributed by atoms with Crippen molar-refractivity contribution in [1.29, 1.82) is 0 Å². The summed E-state index contributed by atoms with van der Waals surface area (Å²) in [5, 5.41) is 16.8.